The number of carbonyl (C=O) groups excluding carboxylic acids is 1. The maximum absolute atomic E-state index is 12.4. The standard InChI is InChI=1S/C20H17ClN2O4S/c1-2-13-3-6-16(7-4-13)27-11-14-9-19(28-12-14)20(24)22-18-10-15(23(25)26)5-8-17(18)21/h3-10,12H,2,11H2,1H3,(H,22,24). The van der Waals surface area contributed by atoms with Gasteiger partial charge >= 0.3 is 0 Å². The summed E-state index contributed by atoms with van der Waals surface area (Å²) in [5, 5.41) is 15.6. The van der Waals surface area contributed by atoms with Gasteiger partial charge in [0.05, 0.1) is 20.5 Å². The van der Waals surface area contributed by atoms with E-state index in [1.165, 1.54) is 35.1 Å². The van der Waals surface area contributed by atoms with Gasteiger partial charge in [-0.1, -0.05) is 30.7 Å². The van der Waals surface area contributed by atoms with Crippen LogP contribution >= 0.6 is 22.9 Å². The molecular weight excluding hydrogens is 400 g/mol. The molecule has 0 saturated heterocycles. The molecule has 0 saturated carbocycles. The number of hydrogen-bond acceptors (Lipinski definition) is 5. The minimum Gasteiger partial charge on any atom is -0.489 e. The first kappa shape index (κ1) is 19.9. The molecule has 1 heterocycles. The Labute approximate surface area is 170 Å². The summed E-state index contributed by atoms with van der Waals surface area (Å²) in [6, 6.07) is 13.5. The van der Waals surface area contributed by atoms with Crippen molar-refractivity contribution in [2.45, 2.75) is 20.0 Å². The first-order chi connectivity index (χ1) is 13.5. The lowest BCUT2D eigenvalue weighted by molar-refractivity contribution is -0.384. The lowest BCUT2D eigenvalue weighted by Crippen LogP contribution is -2.10. The van der Waals surface area contributed by atoms with Crippen LogP contribution in [0.4, 0.5) is 11.4 Å². The number of anilines is 1. The predicted octanol–water partition coefficient (Wildman–Crippen LogP) is 5.70. The van der Waals surface area contributed by atoms with Gasteiger partial charge in [0.15, 0.2) is 0 Å². The molecule has 0 fully saturated rings. The Bertz CT molecular complexity index is 1000. The van der Waals surface area contributed by atoms with E-state index in [0.717, 1.165) is 17.7 Å². The van der Waals surface area contributed by atoms with Gasteiger partial charge in [-0.3, -0.25) is 14.9 Å². The van der Waals surface area contributed by atoms with Crippen molar-refractivity contribution >= 4 is 40.2 Å². The fraction of sp³-hybridized carbons (Fsp3) is 0.150. The summed E-state index contributed by atoms with van der Waals surface area (Å²) in [6.45, 7) is 2.43. The number of nitro benzene ring substituents is 1. The molecule has 2 aromatic carbocycles. The van der Waals surface area contributed by atoms with E-state index >= 15 is 0 Å². The van der Waals surface area contributed by atoms with E-state index in [1.54, 1.807) is 6.07 Å². The van der Waals surface area contributed by atoms with Crippen molar-refractivity contribution in [2.24, 2.45) is 0 Å². The first-order valence-corrected chi connectivity index (χ1v) is 9.76. The van der Waals surface area contributed by atoms with Gasteiger partial charge in [0.1, 0.15) is 12.4 Å². The molecule has 3 rings (SSSR count). The molecule has 1 amide bonds. The Kier molecular flexibility index (Phi) is 6.28. The third-order valence-electron chi connectivity index (χ3n) is 4.02. The number of nitrogens with one attached hydrogen (secondary N) is 1. The number of halogens is 1. The molecule has 0 bridgehead atoms. The summed E-state index contributed by atoms with van der Waals surface area (Å²) in [6.07, 6.45) is 0.970. The van der Waals surface area contributed by atoms with Crippen LogP contribution in [-0.2, 0) is 13.0 Å². The number of nitro groups is 1. The number of carbonyl (C=O) groups is 1. The molecule has 0 unspecified atom stereocenters. The number of non-ortho nitro benzene ring substituents is 1. The highest BCUT2D eigenvalue weighted by Crippen LogP contribution is 2.28. The third kappa shape index (κ3) is 4.88. The molecule has 144 valence electrons. The van der Waals surface area contributed by atoms with Crippen LogP contribution in [0.5, 0.6) is 5.75 Å². The van der Waals surface area contributed by atoms with Crippen LogP contribution in [-0.4, -0.2) is 10.8 Å². The molecule has 6 nitrogen and oxygen atoms in total. The molecule has 8 heteroatoms. The van der Waals surface area contributed by atoms with Gasteiger partial charge in [0.2, 0.25) is 0 Å². The number of hydrogen-bond donors (Lipinski definition) is 1. The second kappa shape index (κ2) is 8.86. The molecule has 0 spiro atoms. The number of benzene rings is 2. The van der Waals surface area contributed by atoms with Crippen LogP contribution < -0.4 is 10.1 Å². The van der Waals surface area contributed by atoms with Crippen molar-refractivity contribution in [2.75, 3.05) is 5.32 Å². The molecule has 0 radical (unpaired) electrons. The van der Waals surface area contributed by atoms with E-state index in [1.807, 2.05) is 29.6 Å². The zero-order valence-corrected chi connectivity index (χ0v) is 16.5. The number of ether oxygens (including phenoxy) is 1. The smallest absolute Gasteiger partial charge is 0.271 e. The summed E-state index contributed by atoms with van der Waals surface area (Å²) in [7, 11) is 0. The fourth-order valence-corrected chi connectivity index (χ4v) is 3.42. The van der Waals surface area contributed by atoms with Gasteiger partial charge in [-0.05, 0) is 41.6 Å². The van der Waals surface area contributed by atoms with Crippen molar-refractivity contribution < 1.29 is 14.5 Å². The maximum Gasteiger partial charge on any atom is 0.271 e. The van der Waals surface area contributed by atoms with E-state index in [0.29, 0.717) is 11.5 Å². The summed E-state index contributed by atoms with van der Waals surface area (Å²) in [4.78, 5) is 23.2. The summed E-state index contributed by atoms with van der Waals surface area (Å²) < 4.78 is 5.74. The number of aryl methyl sites for hydroxylation is 1. The molecule has 3 aromatic rings. The monoisotopic (exact) mass is 416 g/mol. The summed E-state index contributed by atoms with van der Waals surface area (Å²) in [5.41, 5.74) is 2.15. The highest BCUT2D eigenvalue weighted by atomic mass is 35.5. The maximum atomic E-state index is 12.4. The predicted molar refractivity (Wildman–Crippen MR) is 111 cm³/mol. The van der Waals surface area contributed by atoms with E-state index in [9.17, 15) is 14.9 Å². The zero-order chi connectivity index (χ0) is 20.1. The highest BCUT2D eigenvalue weighted by molar-refractivity contribution is 7.12. The van der Waals surface area contributed by atoms with Gasteiger partial charge in [0.25, 0.3) is 11.6 Å². The minimum absolute atomic E-state index is 0.144. The van der Waals surface area contributed by atoms with Gasteiger partial charge in [-0.2, -0.15) is 0 Å². The van der Waals surface area contributed by atoms with Crippen molar-refractivity contribution in [1.29, 1.82) is 0 Å². The van der Waals surface area contributed by atoms with Gasteiger partial charge in [-0.25, -0.2) is 0 Å². The lowest BCUT2D eigenvalue weighted by atomic mass is 10.2. The van der Waals surface area contributed by atoms with Crippen molar-refractivity contribution in [3.63, 3.8) is 0 Å². The molecule has 1 N–H and O–H groups in total. The number of amides is 1. The highest BCUT2D eigenvalue weighted by Gasteiger charge is 2.15. The third-order valence-corrected chi connectivity index (χ3v) is 5.33. The van der Waals surface area contributed by atoms with Crippen LogP contribution in [0.2, 0.25) is 5.02 Å². The Morgan fingerprint density at radius 3 is 2.61 bits per heavy atom. The van der Waals surface area contributed by atoms with Gasteiger partial charge < -0.3 is 10.1 Å². The molecule has 0 aliphatic heterocycles. The van der Waals surface area contributed by atoms with Crippen LogP contribution in [0.3, 0.4) is 0 Å². The Balaban J connectivity index is 1.63. The van der Waals surface area contributed by atoms with Crippen LogP contribution in [0.15, 0.2) is 53.9 Å². The molecular formula is C20H17ClN2O4S. The normalized spacial score (nSPS) is 10.5. The first-order valence-electron chi connectivity index (χ1n) is 8.50. The van der Waals surface area contributed by atoms with Crippen molar-refractivity contribution in [3.8, 4) is 5.75 Å². The quantitative estimate of drug-likeness (QED) is 0.395. The fourth-order valence-electron chi connectivity index (χ4n) is 2.46. The Hall–Kier alpha value is -2.90. The van der Waals surface area contributed by atoms with Gasteiger partial charge in [-0.15, -0.1) is 11.3 Å². The summed E-state index contributed by atoms with van der Waals surface area (Å²) >= 11 is 7.29. The largest absolute Gasteiger partial charge is 0.489 e. The summed E-state index contributed by atoms with van der Waals surface area (Å²) in [5.74, 6) is 0.378. The van der Waals surface area contributed by atoms with Crippen LogP contribution in [0.1, 0.15) is 27.7 Å². The topological polar surface area (TPSA) is 81.5 Å². The van der Waals surface area contributed by atoms with E-state index in [2.05, 4.69) is 12.2 Å². The molecule has 0 atom stereocenters. The number of rotatable bonds is 7. The average molecular weight is 417 g/mol. The SMILES string of the molecule is CCc1ccc(OCc2csc(C(=O)Nc3cc([N+](=O)[O-])ccc3Cl)c2)cc1. The van der Waals surface area contributed by atoms with Crippen molar-refractivity contribution in [3.05, 3.63) is 85.1 Å². The molecule has 0 aliphatic rings. The average Bonchev–Trinajstić information content (AvgIpc) is 3.17. The molecule has 1 aromatic heterocycles. The van der Waals surface area contributed by atoms with E-state index in [4.69, 9.17) is 16.3 Å². The Morgan fingerprint density at radius 2 is 1.93 bits per heavy atom. The lowest BCUT2D eigenvalue weighted by Gasteiger charge is -2.06. The molecule has 28 heavy (non-hydrogen) atoms. The number of nitrogens with zero attached hydrogens (tertiary/aromatic N) is 1. The second-order valence-corrected chi connectivity index (χ2v) is 7.30. The van der Waals surface area contributed by atoms with Crippen molar-refractivity contribution in [1.82, 2.24) is 0 Å². The minimum atomic E-state index is -0.542. The van der Waals surface area contributed by atoms with E-state index < -0.39 is 4.92 Å². The number of thiophene rings is 1. The zero-order valence-electron chi connectivity index (χ0n) is 15.0. The van der Waals surface area contributed by atoms with E-state index in [-0.39, 0.29) is 22.3 Å². The Morgan fingerprint density at radius 1 is 1.18 bits per heavy atom. The van der Waals surface area contributed by atoms with Gasteiger partial charge in [0, 0.05) is 17.7 Å². The van der Waals surface area contributed by atoms with Crippen LogP contribution in [0.25, 0.3) is 0 Å². The van der Waals surface area contributed by atoms with Crippen LogP contribution in [0, 0.1) is 10.1 Å². The molecule has 0 aliphatic carbocycles. The second-order valence-electron chi connectivity index (χ2n) is 5.98.